The highest BCUT2D eigenvalue weighted by molar-refractivity contribution is 5.89. The lowest BCUT2D eigenvalue weighted by Gasteiger charge is -2.25. The maximum atomic E-state index is 12.9. The molecule has 1 aromatic rings. The Bertz CT molecular complexity index is 580. The highest BCUT2D eigenvalue weighted by Crippen LogP contribution is 2.29. The smallest absolute Gasteiger partial charge is 0.249 e. The van der Waals surface area contributed by atoms with Gasteiger partial charge >= 0.3 is 0 Å². The second kappa shape index (κ2) is 8.48. The Morgan fingerprint density at radius 3 is 2.52 bits per heavy atom. The first-order valence-corrected chi connectivity index (χ1v) is 9.38. The van der Waals surface area contributed by atoms with Crippen molar-refractivity contribution < 1.29 is 14.3 Å². The second-order valence-corrected chi connectivity index (χ2v) is 7.20. The van der Waals surface area contributed by atoms with E-state index in [1.165, 1.54) is 12.8 Å². The molecule has 25 heavy (non-hydrogen) atoms. The molecule has 5 heteroatoms. The van der Waals surface area contributed by atoms with E-state index >= 15 is 0 Å². The van der Waals surface area contributed by atoms with E-state index in [0.717, 1.165) is 31.5 Å². The van der Waals surface area contributed by atoms with Crippen molar-refractivity contribution in [3.05, 3.63) is 35.9 Å². The molecule has 1 saturated heterocycles. The molecule has 0 bridgehead atoms. The van der Waals surface area contributed by atoms with Crippen LogP contribution < -0.4 is 5.32 Å². The largest absolute Gasteiger partial charge is 0.368 e. The predicted octanol–water partition coefficient (Wildman–Crippen LogP) is 2.15. The summed E-state index contributed by atoms with van der Waals surface area (Å²) in [6, 6.07) is 9.31. The fourth-order valence-corrected chi connectivity index (χ4v) is 3.14. The van der Waals surface area contributed by atoms with Crippen LogP contribution >= 0.6 is 0 Å². The summed E-state index contributed by atoms with van der Waals surface area (Å²) in [5, 5.41) is 2.93. The first-order valence-electron chi connectivity index (χ1n) is 9.38. The number of hydrogen-bond acceptors (Lipinski definition) is 3. The van der Waals surface area contributed by atoms with E-state index in [9.17, 15) is 9.59 Å². The zero-order valence-electron chi connectivity index (χ0n) is 14.9. The van der Waals surface area contributed by atoms with Crippen molar-refractivity contribution in [1.29, 1.82) is 0 Å². The van der Waals surface area contributed by atoms with E-state index in [0.29, 0.717) is 18.9 Å². The number of benzene rings is 1. The summed E-state index contributed by atoms with van der Waals surface area (Å²) in [4.78, 5) is 27.2. The third-order valence-corrected chi connectivity index (χ3v) is 4.96. The average molecular weight is 344 g/mol. The molecule has 2 aliphatic rings. The van der Waals surface area contributed by atoms with Crippen molar-refractivity contribution in [3.8, 4) is 0 Å². The Morgan fingerprint density at radius 1 is 1.20 bits per heavy atom. The van der Waals surface area contributed by atoms with Crippen molar-refractivity contribution in [2.45, 2.75) is 51.2 Å². The van der Waals surface area contributed by atoms with Crippen molar-refractivity contribution in [3.63, 3.8) is 0 Å². The maximum Gasteiger partial charge on any atom is 0.249 e. The van der Waals surface area contributed by atoms with Crippen LogP contribution in [0.25, 0.3) is 0 Å². The van der Waals surface area contributed by atoms with Crippen molar-refractivity contribution in [1.82, 2.24) is 10.2 Å². The zero-order valence-corrected chi connectivity index (χ0v) is 14.9. The third kappa shape index (κ3) is 5.30. The number of amides is 2. The van der Waals surface area contributed by atoms with E-state index in [1.807, 2.05) is 35.2 Å². The Hall–Kier alpha value is -1.88. The van der Waals surface area contributed by atoms with E-state index in [1.54, 1.807) is 6.92 Å². The Morgan fingerprint density at radius 2 is 1.88 bits per heavy atom. The first kappa shape index (κ1) is 17.9. The number of carbonyl (C=O) groups excluding carboxylic acids is 2. The number of hydrogen-bond donors (Lipinski definition) is 1. The van der Waals surface area contributed by atoms with Gasteiger partial charge in [0.15, 0.2) is 0 Å². The second-order valence-electron chi connectivity index (χ2n) is 7.20. The van der Waals surface area contributed by atoms with Crippen LogP contribution in [0.2, 0.25) is 0 Å². The van der Waals surface area contributed by atoms with Gasteiger partial charge in [-0.05, 0) is 44.1 Å². The van der Waals surface area contributed by atoms with E-state index < -0.39 is 12.1 Å². The number of rotatable bonds is 8. The molecule has 0 radical (unpaired) electrons. The zero-order chi connectivity index (χ0) is 17.6. The molecule has 1 aromatic carbocycles. The van der Waals surface area contributed by atoms with E-state index in [4.69, 9.17) is 4.74 Å². The molecule has 0 aromatic heterocycles. The monoisotopic (exact) mass is 344 g/mol. The SMILES string of the molecule is C[C@@H](OCC1CC1)C(=O)N[C@H](Cc1ccccc1)C(=O)N1CCCC1. The van der Waals surface area contributed by atoms with Crippen LogP contribution in [0, 0.1) is 5.92 Å². The van der Waals surface area contributed by atoms with Gasteiger partial charge in [-0.2, -0.15) is 0 Å². The lowest BCUT2D eigenvalue weighted by Crippen LogP contribution is -2.51. The van der Waals surface area contributed by atoms with E-state index in [-0.39, 0.29) is 11.8 Å². The molecule has 5 nitrogen and oxygen atoms in total. The topological polar surface area (TPSA) is 58.6 Å². The third-order valence-electron chi connectivity index (χ3n) is 4.96. The molecule has 1 N–H and O–H groups in total. The quantitative estimate of drug-likeness (QED) is 0.786. The Balaban J connectivity index is 1.61. The minimum atomic E-state index is -0.528. The number of nitrogens with zero attached hydrogens (tertiary/aromatic N) is 1. The van der Waals surface area contributed by atoms with Gasteiger partial charge in [-0.1, -0.05) is 30.3 Å². The highest BCUT2D eigenvalue weighted by Gasteiger charge is 2.30. The van der Waals surface area contributed by atoms with E-state index in [2.05, 4.69) is 5.32 Å². The van der Waals surface area contributed by atoms with Gasteiger partial charge in [0.05, 0.1) is 6.61 Å². The standard InChI is InChI=1S/C20H28N2O3/c1-15(25-14-17-9-10-17)19(23)21-18(13-16-7-3-2-4-8-16)20(24)22-11-5-6-12-22/h2-4,7-8,15,17-18H,5-6,9-14H2,1H3,(H,21,23)/t15-,18-/m1/s1. The molecular weight excluding hydrogens is 316 g/mol. The molecule has 1 aliphatic heterocycles. The fourth-order valence-electron chi connectivity index (χ4n) is 3.14. The average Bonchev–Trinajstić information content (AvgIpc) is 3.30. The number of nitrogens with one attached hydrogen (secondary N) is 1. The van der Waals surface area contributed by atoms with Crippen LogP contribution in [0.15, 0.2) is 30.3 Å². The number of carbonyl (C=O) groups is 2. The predicted molar refractivity (Wildman–Crippen MR) is 96.0 cm³/mol. The summed E-state index contributed by atoms with van der Waals surface area (Å²) in [6.07, 6.45) is 4.45. The van der Waals surface area contributed by atoms with Gasteiger partial charge in [-0.25, -0.2) is 0 Å². The van der Waals surface area contributed by atoms with Crippen LogP contribution in [-0.2, 0) is 20.7 Å². The molecule has 0 unspecified atom stereocenters. The first-order chi connectivity index (χ1) is 12.1. The Labute approximate surface area is 149 Å². The minimum absolute atomic E-state index is 0.0177. The van der Waals surface area contributed by atoms with Gasteiger partial charge in [0.25, 0.3) is 0 Å². The Kier molecular flexibility index (Phi) is 6.08. The molecular formula is C20H28N2O3. The number of likely N-dealkylation sites (tertiary alicyclic amines) is 1. The van der Waals surface area contributed by atoms with Crippen molar-refractivity contribution in [2.24, 2.45) is 5.92 Å². The van der Waals surface area contributed by atoms with Gasteiger partial charge in [-0.15, -0.1) is 0 Å². The van der Waals surface area contributed by atoms with Gasteiger partial charge in [0.2, 0.25) is 11.8 Å². The van der Waals surface area contributed by atoms with Gasteiger partial charge in [-0.3, -0.25) is 9.59 Å². The van der Waals surface area contributed by atoms with Crippen molar-refractivity contribution >= 4 is 11.8 Å². The van der Waals surface area contributed by atoms with Gasteiger partial charge < -0.3 is 15.0 Å². The molecule has 2 amide bonds. The summed E-state index contributed by atoms with van der Waals surface area (Å²) in [7, 11) is 0. The minimum Gasteiger partial charge on any atom is -0.368 e. The number of ether oxygens (including phenoxy) is 1. The highest BCUT2D eigenvalue weighted by atomic mass is 16.5. The molecule has 0 spiro atoms. The summed E-state index contributed by atoms with van der Waals surface area (Å²) < 4.78 is 5.65. The molecule has 1 saturated carbocycles. The van der Waals surface area contributed by atoms with Crippen LogP contribution in [0.5, 0.6) is 0 Å². The van der Waals surface area contributed by atoms with Crippen LogP contribution in [-0.4, -0.2) is 48.6 Å². The summed E-state index contributed by atoms with van der Waals surface area (Å²) >= 11 is 0. The van der Waals surface area contributed by atoms with Crippen LogP contribution in [0.1, 0.15) is 38.2 Å². The van der Waals surface area contributed by atoms with Gasteiger partial charge in [0.1, 0.15) is 12.1 Å². The molecule has 136 valence electrons. The fraction of sp³-hybridized carbons (Fsp3) is 0.600. The maximum absolute atomic E-state index is 12.9. The summed E-state index contributed by atoms with van der Waals surface area (Å²) in [5.41, 5.74) is 1.05. The van der Waals surface area contributed by atoms with Crippen LogP contribution in [0.3, 0.4) is 0 Å². The molecule has 1 heterocycles. The summed E-state index contributed by atoms with van der Waals surface area (Å²) in [5.74, 6) is 0.430. The van der Waals surface area contributed by atoms with Crippen LogP contribution in [0.4, 0.5) is 0 Å². The molecule has 2 fully saturated rings. The van der Waals surface area contributed by atoms with Crippen molar-refractivity contribution in [2.75, 3.05) is 19.7 Å². The van der Waals surface area contributed by atoms with Gasteiger partial charge in [0, 0.05) is 19.5 Å². The molecule has 1 aliphatic carbocycles. The summed E-state index contributed by atoms with van der Waals surface area (Å²) in [6.45, 7) is 3.97. The lowest BCUT2D eigenvalue weighted by atomic mass is 10.0. The lowest BCUT2D eigenvalue weighted by molar-refractivity contribution is -0.139. The molecule has 3 rings (SSSR count). The normalized spacial score (nSPS) is 19.5. The molecule has 2 atom stereocenters.